The number of carbonyl (C=O) groups is 1. The number of hydrogen-bond donors (Lipinski definition) is 2. The largest absolute Gasteiger partial charge is 0.358 e. The van der Waals surface area contributed by atoms with Crippen LogP contribution in [-0.2, 0) is 4.79 Å². The Kier molecular flexibility index (Phi) is 5.29. The van der Waals surface area contributed by atoms with E-state index in [1.165, 1.54) is 0 Å². The monoisotopic (exact) mass is 218 g/mol. The van der Waals surface area contributed by atoms with Crippen LogP contribution in [0.3, 0.4) is 0 Å². The molecule has 3 heteroatoms. The van der Waals surface area contributed by atoms with Gasteiger partial charge in [0.25, 0.3) is 0 Å². The third kappa shape index (κ3) is 4.28. The van der Waals surface area contributed by atoms with Crippen molar-refractivity contribution in [3.63, 3.8) is 0 Å². The number of likely N-dealkylation sites (N-methyl/N-ethyl adjacent to an activating group) is 1. The van der Waals surface area contributed by atoms with E-state index >= 15 is 0 Å². The molecule has 0 saturated carbocycles. The van der Waals surface area contributed by atoms with E-state index in [2.05, 4.69) is 10.6 Å². The van der Waals surface area contributed by atoms with Gasteiger partial charge >= 0.3 is 0 Å². The molecule has 0 aliphatic heterocycles. The van der Waals surface area contributed by atoms with Crippen molar-refractivity contribution in [2.24, 2.45) is 0 Å². The van der Waals surface area contributed by atoms with Gasteiger partial charge in [0, 0.05) is 13.6 Å². The summed E-state index contributed by atoms with van der Waals surface area (Å²) in [6, 6.07) is 9.91. The van der Waals surface area contributed by atoms with E-state index in [9.17, 15) is 4.79 Å². The molecule has 0 aromatic heterocycles. The molecule has 0 aliphatic rings. The second-order valence-electron chi connectivity index (χ2n) is 3.56. The summed E-state index contributed by atoms with van der Waals surface area (Å²) in [6.45, 7) is 2.53. The summed E-state index contributed by atoms with van der Waals surface area (Å²) < 4.78 is 0. The summed E-state index contributed by atoms with van der Waals surface area (Å²) in [5.41, 5.74) is 1.16. The fourth-order valence-electron chi connectivity index (χ4n) is 1.31. The molecule has 1 unspecified atom stereocenters. The van der Waals surface area contributed by atoms with Crippen molar-refractivity contribution in [1.29, 1.82) is 0 Å². The van der Waals surface area contributed by atoms with E-state index in [-0.39, 0.29) is 11.9 Å². The third-order valence-corrected chi connectivity index (χ3v) is 2.29. The summed E-state index contributed by atoms with van der Waals surface area (Å²) in [7, 11) is 1.64. The Labute approximate surface area is 96.6 Å². The van der Waals surface area contributed by atoms with Gasteiger partial charge in [-0.1, -0.05) is 42.5 Å². The minimum absolute atomic E-state index is 0.00751. The van der Waals surface area contributed by atoms with E-state index in [0.717, 1.165) is 5.56 Å². The van der Waals surface area contributed by atoms with Gasteiger partial charge in [0.1, 0.15) is 0 Å². The Hall–Kier alpha value is -1.61. The first-order valence-corrected chi connectivity index (χ1v) is 5.40. The molecule has 0 saturated heterocycles. The van der Waals surface area contributed by atoms with Crippen LogP contribution in [0.1, 0.15) is 12.5 Å². The van der Waals surface area contributed by atoms with Gasteiger partial charge in [-0.25, -0.2) is 0 Å². The maximum absolute atomic E-state index is 11.2. The number of benzene rings is 1. The fourth-order valence-corrected chi connectivity index (χ4v) is 1.31. The van der Waals surface area contributed by atoms with E-state index in [4.69, 9.17) is 0 Å². The van der Waals surface area contributed by atoms with Crippen LogP contribution in [0.5, 0.6) is 0 Å². The van der Waals surface area contributed by atoms with Crippen molar-refractivity contribution in [1.82, 2.24) is 10.6 Å². The molecule has 1 aromatic rings. The molecule has 1 aromatic carbocycles. The quantitative estimate of drug-likeness (QED) is 0.785. The van der Waals surface area contributed by atoms with E-state index in [1.54, 1.807) is 7.05 Å². The molecule has 0 spiro atoms. The number of carbonyl (C=O) groups excluding carboxylic acids is 1. The van der Waals surface area contributed by atoms with Gasteiger partial charge < -0.3 is 10.6 Å². The second-order valence-corrected chi connectivity index (χ2v) is 3.56. The molecule has 1 atom stereocenters. The van der Waals surface area contributed by atoms with Crippen molar-refractivity contribution < 1.29 is 4.79 Å². The Morgan fingerprint density at radius 2 is 2.06 bits per heavy atom. The van der Waals surface area contributed by atoms with Crippen LogP contribution in [0.25, 0.3) is 6.08 Å². The highest BCUT2D eigenvalue weighted by atomic mass is 16.2. The maximum atomic E-state index is 11.2. The number of rotatable bonds is 5. The number of hydrogen-bond acceptors (Lipinski definition) is 2. The lowest BCUT2D eigenvalue weighted by atomic mass is 10.2. The highest BCUT2D eigenvalue weighted by molar-refractivity contribution is 5.80. The van der Waals surface area contributed by atoms with E-state index in [1.807, 2.05) is 49.4 Å². The summed E-state index contributed by atoms with van der Waals surface area (Å²) >= 11 is 0. The van der Waals surface area contributed by atoms with Crippen molar-refractivity contribution >= 4 is 12.0 Å². The van der Waals surface area contributed by atoms with Crippen LogP contribution in [0.4, 0.5) is 0 Å². The van der Waals surface area contributed by atoms with Crippen molar-refractivity contribution in [3.05, 3.63) is 42.0 Å². The fraction of sp³-hybridized carbons (Fsp3) is 0.308. The average molecular weight is 218 g/mol. The lowest BCUT2D eigenvalue weighted by Crippen LogP contribution is -2.40. The lowest BCUT2D eigenvalue weighted by molar-refractivity contribution is -0.122. The first-order valence-electron chi connectivity index (χ1n) is 5.40. The standard InChI is InChI=1S/C13H18N2O/c1-11(13(16)14-2)15-10-6-9-12-7-4-3-5-8-12/h3-9,11,15H,10H2,1-2H3,(H,14,16). The topological polar surface area (TPSA) is 41.1 Å². The minimum Gasteiger partial charge on any atom is -0.358 e. The molecule has 86 valence electrons. The van der Waals surface area contributed by atoms with Gasteiger partial charge in [-0.3, -0.25) is 4.79 Å². The molecule has 3 nitrogen and oxygen atoms in total. The normalized spacial score (nSPS) is 12.6. The predicted octanol–water partition coefficient (Wildman–Crippen LogP) is 1.42. The van der Waals surface area contributed by atoms with Crippen molar-refractivity contribution in [3.8, 4) is 0 Å². The Morgan fingerprint density at radius 1 is 1.38 bits per heavy atom. The molecule has 0 fully saturated rings. The summed E-state index contributed by atoms with van der Waals surface area (Å²) in [4.78, 5) is 11.2. The third-order valence-electron chi connectivity index (χ3n) is 2.29. The van der Waals surface area contributed by atoms with Gasteiger partial charge in [0.05, 0.1) is 6.04 Å². The number of nitrogens with one attached hydrogen (secondary N) is 2. The Bertz CT molecular complexity index is 346. The summed E-state index contributed by atoms with van der Waals surface area (Å²) in [5.74, 6) is 0.00751. The van der Waals surface area contributed by atoms with Gasteiger partial charge in [-0.2, -0.15) is 0 Å². The maximum Gasteiger partial charge on any atom is 0.236 e. The zero-order valence-corrected chi connectivity index (χ0v) is 9.73. The zero-order valence-electron chi connectivity index (χ0n) is 9.73. The van der Waals surface area contributed by atoms with Crippen LogP contribution in [0, 0.1) is 0 Å². The highest BCUT2D eigenvalue weighted by Gasteiger charge is 2.07. The molecular formula is C13H18N2O. The Balaban J connectivity index is 2.31. The first-order chi connectivity index (χ1) is 7.74. The molecular weight excluding hydrogens is 200 g/mol. The summed E-state index contributed by atoms with van der Waals surface area (Å²) in [5, 5.41) is 5.70. The molecule has 0 heterocycles. The van der Waals surface area contributed by atoms with Gasteiger partial charge in [-0.15, -0.1) is 0 Å². The molecule has 16 heavy (non-hydrogen) atoms. The van der Waals surface area contributed by atoms with Gasteiger partial charge in [0.15, 0.2) is 0 Å². The molecule has 0 radical (unpaired) electrons. The van der Waals surface area contributed by atoms with Crippen LogP contribution in [0.15, 0.2) is 36.4 Å². The molecule has 2 N–H and O–H groups in total. The number of amides is 1. The van der Waals surface area contributed by atoms with Crippen LogP contribution in [0.2, 0.25) is 0 Å². The van der Waals surface area contributed by atoms with Gasteiger partial charge in [-0.05, 0) is 12.5 Å². The predicted molar refractivity (Wildman–Crippen MR) is 67.0 cm³/mol. The smallest absolute Gasteiger partial charge is 0.236 e. The average Bonchev–Trinajstić information content (AvgIpc) is 2.34. The molecule has 1 rings (SSSR count). The SMILES string of the molecule is CNC(=O)C(C)NCC=Cc1ccccc1. The van der Waals surface area contributed by atoms with Crippen LogP contribution < -0.4 is 10.6 Å². The molecule has 0 bridgehead atoms. The summed E-state index contributed by atoms with van der Waals surface area (Å²) in [6.07, 6.45) is 4.04. The van der Waals surface area contributed by atoms with Crippen LogP contribution >= 0.6 is 0 Å². The first kappa shape index (κ1) is 12.5. The highest BCUT2D eigenvalue weighted by Crippen LogP contribution is 1.99. The van der Waals surface area contributed by atoms with E-state index in [0.29, 0.717) is 6.54 Å². The Morgan fingerprint density at radius 3 is 2.69 bits per heavy atom. The van der Waals surface area contributed by atoms with Crippen LogP contribution in [-0.4, -0.2) is 25.5 Å². The lowest BCUT2D eigenvalue weighted by Gasteiger charge is -2.09. The van der Waals surface area contributed by atoms with Crippen molar-refractivity contribution in [2.45, 2.75) is 13.0 Å². The zero-order chi connectivity index (χ0) is 11.8. The molecule has 1 amide bonds. The minimum atomic E-state index is -0.162. The van der Waals surface area contributed by atoms with E-state index < -0.39 is 0 Å². The second kappa shape index (κ2) is 6.80. The van der Waals surface area contributed by atoms with Crippen molar-refractivity contribution in [2.75, 3.05) is 13.6 Å². The molecule has 0 aliphatic carbocycles. The van der Waals surface area contributed by atoms with Gasteiger partial charge in [0.2, 0.25) is 5.91 Å².